The number of rotatable bonds is 6. The monoisotopic (exact) mass is 320 g/mol. The number of piperazine rings is 1. The number of guanidine groups is 1. The second kappa shape index (κ2) is 9.25. The first-order valence-electron chi connectivity index (χ1n) is 8.32. The largest absolute Gasteiger partial charge is 0.506 e. The lowest BCUT2D eigenvalue weighted by Gasteiger charge is -2.37. The van der Waals surface area contributed by atoms with E-state index in [2.05, 4.69) is 20.1 Å². The molecule has 2 rings (SSSR count). The van der Waals surface area contributed by atoms with Gasteiger partial charge in [0.05, 0.1) is 5.69 Å². The molecule has 2 N–H and O–H groups in total. The maximum absolute atomic E-state index is 9.97. The molecule has 128 valence electrons. The molecule has 1 heterocycles. The summed E-state index contributed by atoms with van der Waals surface area (Å²) in [5.74, 6) is 1.29. The van der Waals surface area contributed by atoms with Gasteiger partial charge in [0.15, 0.2) is 5.96 Å². The highest BCUT2D eigenvalue weighted by Gasteiger charge is 2.20. The van der Waals surface area contributed by atoms with Crippen LogP contribution in [-0.2, 0) is 4.74 Å². The summed E-state index contributed by atoms with van der Waals surface area (Å²) in [4.78, 5) is 8.85. The minimum Gasteiger partial charge on any atom is -0.506 e. The molecule has 0 bridgehead atoms. The van der Waals surface area contributed by atoms with E-state index in [1.165, 1.54) is 0 Å². The average Bonchev–Trinajstić information content (AvgIpc) is 2.59. The molecule has 23 heavy (non-hydrogen) atoms. The van der Waals surface area contributed by atoms with Crippen molar-refractivity contribution in [3.63, 3.8) is 0 Å². The van der Waals surface area contributed by atoms with Gasteiger partial charge in [0.1, 0.15) is 5.75 Å². The maximum Gasteiger partial charge on any atom is 0.193 e. The molecule has 1 saturated heterocycles. The molecule has 1 aliphatic heterocycles. The van der Waals surface area contributed by atoms with Gasteiger partial charge in [-0.2, -0.15) is 0 Å². The molecule has 0 atom stereocenters. The molecule has 0 unspecified atom stereocenters. The fraction of sp³-hybridized carbons (Fsp3) is 0.588. The number of phenolic OH excluding ortho intramolecular Hbond substituents is 1. The smallest absolute Gasteiger partial charge is 0.193 e. The van der Waals surface area contributed by atoms with E-state index in [1.54, 1.807) is 6.07 Å². The van der Waals surface area contributed by atoms with E-state index in [4.69, 9.17) is 4.74 Å². The fourth-order valence-corrected chi connectivity index (χ4v) is 2.74. The quantitative estimate of drug-likeness (QED) is 0.473. The molecule has 0 saturated carbocycles. The van der Waals surface area contributed by atoms with Crippen molar-refractivity contribution in [3.05, 3.63) is 24.3 Å². The van der Waals surface area contributed by atoms with Crippen LogP contribution in [0.3, 0.4) is 0 Å². The molecule has 1 aromatic rings. The van der Waals surface area contributed by atoms with E-state index in [9.17, 15) is 5.11 Å². The highest BCUT2D eigenvalue weighted by Crippen LogP contribution is 2.27. The van der Waals surface area contributed by atoms with E-state index in [0.29, 0.717) is 5.75 Å². The van der Waals surface area contributed by atoms with E-state index >= 15 is 0 Å². The molecular formula is C17H28N4O2. The van der Waals surface area contributed by atoms with Crippen molar-refractivity contribution in [1.29, 1.82) is 0 Å². The number of nitrogens with one attached hydrogen (secondary N) is 1. The van der Waals surface area contributed by atoms with Crippen molar-refractivity contribution < 1.29 is 9.84 Å². The Morgan fingerprint density at radius 3 is 2.65 bits per heavy atom. The van der Waals surface area contributed by atoms with Gasteiger partial charge >= 0.3 is 0 Å². The van der Waals surface area contributed by atoms with E-state index in [-0.39, 0.29) is 0 Å². The molecule has 0 amide bonds. The lowest BCUT2D eigenvalue weighted by atomic mass is 10.2. The topological polar surface area (TPSA) is 60.3 Å². The number of para-hydroxylation sites is 2. The molecule has 1 aliphatic rings. The van der Waals surface area contributed by atoms with E-state index in [1.807, 2.05) is 32.2 Å². The third kappa shape index (κ3) is 5.03. The van der Waals surface area contributed by atoms with Gasteiger partial charge in [0, 0.05) is 53.0 Å². The zero-order valence-corrected chi connectivity index (χ0v) is 14.2. The van der Waals surface area contributed by atoms with E-state index < -0.39 is 0 Å². The SMILES string of the molecule is CCOCCCNC(=NC)N1CCN(c2ccccc2O)CC1. The minimum absolute atomic E-state index is 0.347. The van der Waals surface area contributed by atoms with Gasteiger partial charge in [-0.15, -0.1) is 0 Å². The van der Waals surface area contributed by atoms with Crippen LogP contribution in [0.15, 0.2) is 29.3 Å². The fourth-order valence-electron chi connectivity index (χ4n) is 2.74. The predicted octanol–water partition coefficient (Wildman–Crippen LogP) is 1.52. The Balaban J connectivity index is 1.79. The van der Waals surface area contributed by atoms with Gasteiger partial charge in [0.2, 0.25) is 0 Å². The Morgan fingerprint density at radius 2 is 2.00 bits per heavy atom. The second-order valence-electron chi connectivity index (χ2n) is 5.49. The number of ether oxygens (including phenoxy) is 1. The van der Waals surface area contributed by atoms with Crippen LogP contribution in [-0.4, -0.2) is 69.0 Å². The molecule has 6 nitrogen and oxygen atoms in total. The number of aliphatic imine (C=N–C) groups is 1. The Morgan fingerprint density at radius 1 is 1.26 bits per heavy atom. The first-order chi connectivity index (χ1) is 11.3. The zero-order valence-electron chi connectivity index (χ0n) is 14.2. The molecule has 0 spiro atoms. The highest BCUT2D eigenvalue weighted by atomic mass is 16.5. The average molecular weight is 320 g/mol. The molecular weight excluding hydrogens is 292 g/mol. The summed E-state index contributed by atoms with van der Waals surface area (Å²) >= 11 is 0. The predicted molar refractivity (Wildman–Crippen MR) is 94.4 cm³/mol. The Hall–Kier alpha value is -1.95. The van der Waals surface area contributed by atoms with Crippen molar-refractivity contribution in [2.24, 2.45) is 4.99 Å². The summed E-state index contributed by atoms with van der Waals surface area (Å²) in [6.07, 6.45) is 0.977. The first-order valence-corrected chi connectivity index (χ1v) is 8.32. The number of aromatic hydroxyl groups is 1. The second-order valence-corrected chi connectivity index (χ2v) is 5.49. The van der Waals surface area contributed by atoms with Crippen LogP contribution in [0.25, 0.3) is 0 Å². The number of phenols is 1. The maximum atomic E-state index is 9.97. The van der Waals surface area contributed by atoms with Crippen LogP contribution in [0.4, 0.5) is 5.69 Å². The summed E-state index contributed by atoms with van der Waals surface area (Å²) in [6, 6.07) is 7.51. The summed E-state index contributed by atoms with van der Waals surface area (Å²) in [5.41, 5.74) is 0.909. The van der Waals surface area contributed by atoms with Gasteiger partial charge in [-0.3, -0.25) is 4.99 Å². The number of anilines is 1. The van der Waals surface area contributed by atoms with Crippen molar-refractivity contribution in [1.82, 2.24) is 10.2 Å². The van der Waals surface area contributed by atoms with Crippen LogP contribution in [0.5, 0.6) is 5.75 Å². The van der Waals surface area contributed by atoms with Crippen molar-refractivity contribution in [3.8, 4) is 5.75 Å². The molecule has 6 heteroatoms. The van der Waals surface area contributed by atoms with E-state index in [0.717, 1.165) is 64.0 Å². The van der Waals surface area contributed by atoms with Crippen LogP contribution < -0.4 is 10.2 Å². The first kappa shape index (κ1) is 17.4. The van der Waals surface area contributed by atoms with Crippen molar-refractivity contribution in [2.75, 3.05) is 57.9 Å². The Kier molecular flexibility index (Phi) is 7.00. The molecule has 1 fully saturated rings. The summed E-state index contributed by atoms with van der Waals surface area (Å²) < 4.78 is 5.34. The highest BCUT2D eigenvalue weighted by molar-refractivity contribution is 5.80. The molecule has 1 aromatic carbocycles. The van der Waals surface area contributed by atoms with Gasteiger partial charge in [0.25, 0.3) is 0 Å². The minimum atomic E-state index is 0.347. The lowest BCUT2D eigenvalue weighted by Crippen LogP contribution is -2.52. The number of nitrogens with zero attached hydrogens (tertiary/aromatic N) is 3. The number of hydrogen-bond acceptors (Lipinski definition) is 4. The van der Waals surface area contributed by atoms with Crippen LogP contribution in [0.2, 0.25) is 0 Å². The van der Waals surface area contributed by atoms with Gasteiger partial charge in [-0.25, -0.2) is 0 Å². The molecule has 0 aliphatic carbocycles. The van der Waals surface area contributed by atoms with Crippen LogP contribution in [0, 0.1) is 0 Å². The Labute approximate surface area is 138 Å². The van der Waals surface area contributed by atoms with Crippen LogP contribution in [0.1, 0.15) is 13.3 Å². The van der Waals surface area contributed by atoms with Crippen molar-refractivity contribution in [2.45, 2.75) is 13.3 Å². The molecule has 0 aromatic heterocycles. The third-order valence-corrected chi connectivity index (χ3v) is 3.97. The van der Waals surface area contributed by atoms with Gasteiger partial charge < -0.3 is 25.0 Å². The summed E-state index contributed by atoms with van der Waals surface area (Å²) in [7, 11) is 1.82. The van der Waals surface area contributed by atoms with Crippen molar-refractivity contribution >= 4 is 11.6 Å². The van der Waals surface area contributed by atoms with Crippen LogP contribution >= 0.6 is 0 Å². The third-order valence-electron chi connectivity index (χ3n) is 3.97. The normalized spacial score (nSPS) is 15.8. The van der Waals surface area contributed by atoms with Gasteiger partial charge in [-0.1, -0.05) is 12.1 Å². The molecule has 0 radical (unpaired) electrons. The number of hydrogen-bond donors (Lipinski definition) is 2. The number of benzene rings is 1. The summed E-state index contributed by atoms with van der Waals surface area (Å²) in [6.45, 7) is 7.95. The summed E-state index contributed by atoms with van der Waals surface area (Å²) in [5, 5.41) is 13.4. The standard InChI is InChI=1S/C17H28N4O2/c1-3-23-14-6-9-19-17(18-2)21-12-10-20(11-13-21)15-7-4-5-8-16(15)22/h4-5,7-8,22H,3,6,9-14H2,1-2H3,(H,18,19). The lowest BCUT2D eigenvalue weighted by molar-refractivity contribution is 0.145. The van der Waals surface area contributed by atoms with Gasteiger partial charge in [-0.05, 0) is 25.5 Å². The zero-order chi connectivity index (χ0) is 16.5. The Bertz CT molecular complexity index is 499.